The van der Waals surface area contributed by atoms with Crippen molar-refractivity contribution in [2.45, 2.75) is 25.5 Å². The van der Waals surface area contributed by atoms with Crippen molar-refractivity contribution in [3.8, 4) is 0 Å². The molecule has 1 aromatic rings. The molecule has 1 aliphatic heterocycles. The van der Waals surface area contributed by atoms with Gasteiger partial charge in [0.05, 0.1) is 29.1 Å². The van der Waals surface area contributed by atoms with Crippen molar-refractivity contribution in [3.05, 3.63) is 23.2 Å². The molecule has 5 nitrogen and oxygen atoms in total. The third kappa shape index (κ3) is 3.99. The predicted octanol–water partition coefficient (Wildman–Crippen LogP) is 2.30. The van der Waals surface area contributed by atoms with Crippen LogP contribution in [0.1, 0.15) is 13.3 Å². The predicted molar refractivity (Wildman–Crippen MR) is 77.4 cm³/mol. The summed E-state index contributed by atoms with van der Waals surface area (Å²) in [4.78, 5) is 0. The summed E-state index contributed by atoms with van der Waals surface area (Å²) in [7, 11) is -3.32. The standard InChI is InChI=1S/C12H17ClN2O3S/c1-8-11(5-6-18-8)14-9-3-4-12(10(13)7-9)15-19(2,16)17/h3-4,7-8,11,14-15H,5-6H2,1-2H3. The molecule has 0 spiro atoms. The van der Waals surface area contributed by atoms with Gasteiger partial charge in [0.1, 0.15) is 0 Å². The highest BCUT2D eigenvalue weighted by Gasteiger charge is 2.23. The first-order valence-electron chi connectivity index (χ1n) is 6.00. The average molecular weight is 305 g/mol. The number of hydrogen-bond donors (Lipinski definition) is 2. The van der Waals surface area contributed by atoms with Crippen molar-refractivity contribution in [1.82, 2.24) is 0 Å². The van der Waals surface area contributed by atoms with Gasteiger partial charge in [0.2, 0.25) is 10.0 Å². The van der Waals surface area contributed by atoms with Crippen LogP contribution >= 0.6 is 11.6 Å². The van der Waals surface area contributed by atoms with Crippen LogP contribution in [0.5, 0.6) is 0 Å². The van der Waals surface area contributed by atoms with Crippen LogP contribution in [0.4, 0.5) is 11.4 Å². The van der Waals surface area contributed by atoms with Gasteiger partial charge >= 0.3 is 0 Å². The van der Waals surface area contributed by atoms with Gasteiger partial charge in [-0.2, -0.15) is 0 Å². The number of nitrogens with one attached hydrogen (secondary N) is 2. The zero-order valence-electron chi connectivity index (χ0n) is 10.8. The van der Waals surface area contributed by atoms with Crippen molar-refractivity contribution in [2.75, 3.05) is 22.9 Å². The van der Waals surface area contributed by atoms with Crippen LogP contribution in [-0.4, -0.2) is 33.4 Å². The molecule has 1 aliphatic rings. The van der Waals surface area contributed by atoms with E-state index in [1.807, 2.05) is 6.92 Å². The van der Waals surface area contributed by atoms with E-state index in [-0.39, 0.29) is 12.1 Å². The molecule has 19 heavy (non-hydrogen) atoms. The highest BCUT2D eigenvalue weighted by Crippen LogP contribution is 2.28. The number of hydrogen-bond acceptors (Lipinski definition) is 4. The maximum Gasteiger partial charge on any atom is 0.229 e. The van der Waals surface area contributed by atoms with Crippen molar-refractivity contribution >= 4 is 33.0 Å². The monoisotopic (exact) mass is 304 g/mol. The van der Waals surface area contributed by atoms with E-state index in [2.05, 4.69) is 10.0 Å². The molecule has 7 heteroatoms. The van der Waals surface area contributed by atoms with Crippen molar-refractivity contribution in [2.24, 2.45) is 0 Å². The fourth-order valence-electron chi connectivity index (χ4n) is 2.02. The first-order chi connectivity index (χ1) is 8.85. The molecule has 1 aromatic carbocycles. The average Bonchev–Trinajstić information content (AvgIpc) is 2.67. The molecule has 0 bridgehead atoms. The zero-order valence-corrected chi connectivity index (χ0v) is 12.4. The third-order valence-electron chi connectivity index (χ3n) is 2.99. The van der Waals surface area contributed by atoms with E-state index >= 15 is 0 Å². The van der Waals surface area contributed by atoms with Crippen molar-refractivity contribution in [3.63, 3.8) is 0 Å². The molecule has 2 N–H and O–H groups in total. The number of benzene rings is 1. The summed E-state index contributed by atoms with van der Waals surface area (Å²) < 4.78 is 30.2. The zero-order chi connectivity index (χ0) is 14.0. The Balaban J connectivity index is 2.10. The van der Waals surface area contributed by atoms with Gasteiger partial charge in [-0.15, -0.1) is 0 Å². The SMILES string of the molecule is CC1OCCC1Nc1ccc(NS(C)(=O)=O)c(Cl)c1. The van der Waals surface area contributed by atoms with Crippen molar-refractivity contribution < 1.29 is 13.2 Å². The maximum atomic E-state index is 11.2. The Morgan fingerprint density at radius 1 is 1.42 bits per heavy atom. The summed E-state index contributed by atoms with van der Waals surface area (Å²) in [6, 6.07) is 5.40. The molecule has 0 saturated carbocycles. The molecule has 2 unspecified atom stereocenters. The van der Waals surface area contributed by atoms with Crippen molar-refractivity contribution in [1.29, 1.82) is 0 Å². The number of halogens is 1. The van der Waals surface area contributed by atoms with Gasteiger partial charge in [0, 0.05) is 12.3 Å². The Morgan fingerprint density at radius 3 is 2.68 bits per heavy atom. The van der Waals surface area contributed by atoms with Crippen LogP contribution in [0.25, 0.3) is 0 Å². The summed E-state index contributed by atoms with van der Waals surface area (Å²) >= 11 is 6.06. The molecular formula is C12H17ClN2O3S. The Bertz CT molecular complexity index is 562. The summed E-state index contributed by atoms with van der Waals surface area (Å²) in [6.45, 7) is 2.77. The second-order valence-corrected chi connectivity index (χ2v) is 6.84. The van der Waals surface area contributed by atoms with Crippen LogP contribution in [0.2, 0.25) is 5.02 Å². The topological polar surface area (TPSA) is 67.4 Å². The van der Waals surface area contributed by atoms with Gasteiger partial charge in [0.15, 0.2) is 0 Å². The normalized spacial score (nSPS) is 23.3. The number of rotatable bonds is 4. The summed E-state index contributed by atoms with van der Waals surface area (Å²) in [5, 5.41) is 3.70. The number of ether oxygens (including phenoxy) is 1. The van der Waals surface area contributed by atoms with Gasteiger partial charge in [-0.25, -0.2) is 8.42 Å². The minimum absolute atomic E-state index is 0.160. The highest BCUT2D eigenvalue weighted by molar-refractivity contribution is 7.92. The van der Waals surface area contributed by atoms with Crippen LogP contribution in [0, 0.1) is 0 Å². The third-order valence-corrected chi connectivity index (χ3v) is 3.90. The largest absolute Gasteiger partial charge is 0.380 e. The first kappa shape index (κ1) is 14.4. The second kappa shape index (κ2) is 5.56. The second-order valence-electron chi connectivity index (χ2n) is 4.68. The van der Waals surface area contributed by atoms with Crippen LogP contribution in [-0.2, 0) is 14.8 Å². The molecule has 1 saturated heterocycles. The van der Waals surface area contributed by atoms with Crippen LogP contribution < -0.4 is 10.0 Å². The Kier molecular flexibility index (Phi) is 4.23. The molecule has 0 aromatic heterocycles. The highest BCUT2D eigenvalue weighted by atomic mass is 35.5. The molecule has 0 radical (unpaired) electrons. The molecular weight excluding hydrogens is 288 g/mol. The first-order valence-corrected chi connectivity index (χ1v) is 8.27. The lowest BCUT2D eigenvalue weighted by molar-refractivity contribution is 0.121. The fraction of sp³-hybridized carbons (Fsp3) is 0.500. The van der Waals surface area contributed by atoms with E-state index in [9.17, 15) is 8.42 Å². The summed E-state index contributed by atoms with van der Waals surface area (Å²) in [5.74, 6) is 0. The molecule has 2 atom stereocenters. The van der Waals surface area contributed by atoms with E-state index in [1.54, 1.807) is 18.2 Å². The van der Waals surface area contributed by atoms with E-state index < -0.39 is 10.0 Å². The van der Waals surface area contributed by atoms with Crippen LogP contribution in [0.3, 0.4) is 0 Å². The quantitative estimate of drug-likeness (QED) is 0.895. The Hall–Kier alpha value is -0.980. The Labute approximate surface area is 118 Å². The molecule has 2 rings (SSSR count). The van der Waals surface area contributed by atoms with Gasteiger partial charge in [-0.1, -0.05) is 11.6 Å². The van der Waals surface area contributed by atoms with E-state index in [4.69, 9.17) is 16.3 Å². The van der Waals surface area contributed by atoms with Gasteiger partial charge < -0.3 is 10.1 Å². The molecule has 0 amide bonds. The number of anilines is 2. The lowest BCUT2D eigenvalue weighted by atomic mass is 10.1. The van der Waals surface area contributed by atoms with E-state index in [0.717, 1.165) is 25.0 Å². The van der Waals surface area contributed by atoms with Crippen LogP contribution in [0.15, 0.2) is 18.2 Å². The molecule has 1 fully saturated rings. The van der Waals surface area contributed by atoms with E-state index in [1.165, 1.54) is 0 Å². The van der Waals surface area contributed by atoms with E-state index in [0.29, 0.717) is 10.7 Å². The fourth-order valence-corrected chi connectivity index (χ4v) is 2.88. The molecule has 106 valence electrons. The minimum Gasteiger partial charge on any atom is -0.380 e. The Morgan fingerprint density at radius 2 is 2.16 bits per heavy atom. The maximum absolute atomic E-state index is 11.2. The van der Waals surface area contributed by atoms with Gasteiger partial charge in [-0.05, 0) is 31.5 Å². The molecule has 1 heterocycles. The lowest BCUT2D eigenvalue weighted by Gasteiger charge is -2.18. The summed E-state index contributed by atoms with van der Waals surface area (Å²) in [6.07, 6.45) is 2.20. The molecule has 0 aliphatic carbocycles. The van der Waals surface area contributed by atoms with Gasteiger partial charge in [-0.3, -0.25) is 4.72 Å². The lowest BCUT2D eigenvalue weighted by Crippen LogP contribution is -2.26. The number of sulfonamides is 1. The summed E-state index contributed by atoms with van der Waals surface area (Å²) in [5.41, 5.74) is 1.23. The minimum atomic E-state index is -3.32. The smallest absolute Gasteiger partial charge is 0.229 e. The van der Waals surface area contributed by atoms with Gasteiger partial charge in [0.25, 0.3) is 0 Å².